The van der Waals surface area contributed by atoms with E-state index < -0.39 is 0 Å². The fourth-order valence-electron chi connectivity index (χ4n) is 2.35. The van der Waals surface area contributed by atoms with Gasteiger partial charge in [0.05, 0.1) is 6.54 Å². The molecule has 18 heavy (non-hydrogen) atoms. The van der Waals surface area contributed by atoms with E-state index in [1.165, 1.54) is 11.1 Å². The van der Waals surface area contributed by atoms with Crippen molar-refractivity contribution in [2.24, 2.45) is 5.92 Å². The van der Waals surface area contributed by atoms with E-state index in [0.29, 0.717) is 12.5 Å². The SMILES string of the molecule is CCC(C)CN1C(=O)CNC1c1cccc(C)c1. The van der Waals surface area contributed by atoms with Crippen molar-refractivity contribution < 1.29 is 4.79 Å². The Morgan fingerprint density at radius 1 is 1.50 bits per heavy atom. The second-order valence-electron chi connectivity index (χ2n) is 5.26. The van der Waals surface area contributed by atoms with Gasteiger partial charge in [-0.05, 0) is 18.4 Å². The van der Waals surface area contributed by atoms with Crippen LogP contribution in [0.4, 0.5) is 0 Å². The lowest BCUT2D eigenvalue weighted by Crippen LogP contribution is -2.34. The maximum absolute atomic E-state index is 12.0. The summed E-state index contributed by atoms with van der Waals surface area (Å²) in [4.78, 5) is 13.9. The predicted molar refractivity (Wildman–Crippen MR) is 73.1 cm³/mol. The maximum Gasteiger partial charge on any atom is 0.238 e. The molecule has 98 valence electrons. The van der Waals surface area contributed by atoms with Gasteiger partial charge in [-0.2, -0.15) is 0 Å². The molecule has 1 amide bonds. The lowest BCUT2D eigenvalue weighted by Gasteiger charge is -2.27. The topological polar surface area (TPSA) is 32.3 Å². The first-order chi connectivity index (χ1) is 8.61. The van der Waals surface area contributed by atoms with E-state index in [2.05, 4.69) is 50.4 Å². The first-order valence-electron chi connectivity index (χ1n) is 6.71. The Balaban J connectivity index is 2.18. The van der Waals surface area contributed by atoms with E-state index >= 15 is 0 Å². The largest absolute Gasteiger partial charge is 0.322 e. The molecule has 1 heterocycles. The molecule has 3 heteroatoms. The van der Waals surface area contributed by atoms with Gasteiger partial charge in [0.25, 0.3) is 0 Å². The van der Waals surface area contributed by atoms with Crippen LogP contribution in [0.5, 0.6) is 0 Å². The number of hydrogen-bond donors (Lipinski definition) is 1. The third kappa shape index (κ3) is 2.72. The molecule has 0 radical (unpaired) electrons. The number of carbonyl (C=O) groups is 1. The Bertz CT molecular complexity index is 430. The molecular formula is C15H22N2O. The standard InChI is InChI=1S/C15H22N2O/c1-4-11(2)10-17-14(18)9-16-15(17)13-7-5-6-12(3)8-13/h5-8,11,15-16H,4,9-10H2,1-3H3. The highest BCUT2D eigenvalue weighted by molar-refractivity contribution is 5.81. The van der Waals surface area contributed by atoms with Gasteiger partial charge in [-0.3, -0.25) is 10.1 Å². The van der Waals surface area contributed by atoms with Gasteiger partial charge in [0.1, 0.15) is 6.17 Å². The Labute approximate surface area is 109 Å². The van der Waals surface area contributed by atoms with E-state index in [1.54, 1.807) is 0 Å². The first-order valence-corrected chi connectivity index (χ1v) is 6.71. The second kappa shape index (κ2) is 5.53. The maximum atomic E-state index is 12.0. The number of amides is 1. The average Bonchev–Trinajstić information content (AvgIpc) is 2.71. The minimum atomic E-state index is 0.0476. The van der Waals surface area contributed by atoms with Crippen LogP contribution in [-0.4, -0.2) is 23.9 Å². The van der Waals surface area contributed by atoms with Crippen LogP contribution in [0.3, 0.4) is 0 Å². The van der Waals surface area contributed by atoms with Crippen molar-refractivity contribution in [1.82, 2.24) is 10.2 Å². The molecule has 0 aliphatic carbocycles. The van der Waals surface area contributed by atoms with Crippen LogP contribution in [-0.2, 0) is 4.79 Å². The third-order valence-electron chi connectivity index (χ3n) is 3.64. The van der Waals surface area contributed by atoms with Gasteiger partial charge in [-0.15, -0.1) is 0 Å². The highest BCUT2D eigenvalue weighted by Gasteiger charge is 2.31. The van der Waals surface area contributed by atoms with Crippen molar-refractivity contribution in [3.63, 3.8) is 0 Å². The lowest BCUT2D eigenvalue weighted by atomic mass is 10.1. The van der Waals surface area contributed by atoms with Crippen LogP contribution >= 0.6 is 0 Å². The fourth-order valence-corrected chi connectivity index (χ4v) is 2.35. The molecule has 1 aromatic carbocycles. The van der Waals surface area contributed by atoms with Gasteiger partial charge in [0, 0.05) is 6.54 Å². The van der Waals surface area contributed by atoms with E-state index in [4.69, 9.17) is 0 Å². The van der Waals surface area contributed by atoms with Gasteiger partial charge in [0.15, 0.2) is 0 Å². The zero-order chi connectivity index (χ0) is 13.1. The summed E-state index contributed by atoms with van der Waals surface area (Å²) in [5.41, 5.74) is 2.42. The monoisotopic (exact) mass is 246 g/mol. The van der Waals surface area contributed by atoms with Crippen molar-refractivity contribution in [3.8, 4) is 0 Å². The normalized spacial score (nSPS) is 21.4. The van der Waals surface area contributed by atoms with E-state index in [9.17, 15) is 4.79 Å². The highest BCUT2D eigenvalue weighted by Crippen LogP contribution is 2.24. The molecule has 1 fully saturated rings. The summed E-state index contributed by atoms with van der Waals surface area (Å²) in [5.74, 6) is 0.753. The zero-order valence-electron chi connectivity index (χ0n) is 11.4. The smallest absolute Gasteiger partial charge is 0.238 e. The summed E-state index contributed by atoms with van der Waals surface area (Å²) < 4.78 is 0. The number of hydrogen-bond acceptors (Lipinski definition) is 2. The molecule has 1 N–H and O–H groups in total. The minimum absolute atomic E-state index is 0.0476. The third-order valence-corrected chi connectivity index (χ3v) is 3.64. The van der Waals surface area contributed by atoms with Gasteiger partial charge in [-0.1, -0.05) is 50.1 Å². The molecule has 0 aromatic heterocycles. The number of nitrogens with zero attached hydrogens (tertiary/aromatic N) is 1. The molecule has 0 saturated carbocycles. The number of rotatable bonds is 4. The molecule has 2 atom stereocenters. The summed E-state index contributed by atoms with van der Waals surface area (Å²) in [6.07, 6.45) is 1.15. The van der Waals surface area contributed by atoms with Crippen molar-refractivity contribution in [3.05, 3.63) is 35.4 Å². The lowest BCUT2D eigenvalue weighted by molar-refractivity contribution is -0.128. The van der Waals surface area contributed by atoms with Crippen LogP contribution in [0.15, 0.2) is 24.3 Å². The van der Waals surface area contributed by atoms with Crippen LogP contribution in [0.25, 0.3) is 0 Å². The average molecular weight is 246 g/mol. The number of carbonyl (C=O) groups excluding carboxylic acids is 1. The molecule has 0 bridgehead atoms. The van der Waals surface area contributed by atoms with Gasteiger partial charge in [-0.25, -0.2) is 0 Å². The van der Waals surface area contributed by atoms with Gasteiger partial charge >= 0.3 is 0 Å². The molecule has 0 spiro atoms. The number of nitrogens with one attached hydrogen (secondary N) is 1. The molecule has 3 nitrogen and oxygen atoms in total. The van der Waals surface area contributed by atoms with Crippen molar-refractivity contribution in [1.29, 1.82) is 0 Å². The Morgan fingerprint density at radius 2 is 2.28 bits per heavy atom. The van der Waals surface area contributed by atoms with Crippen LogP contribution in [0.1, 0.15) is 37.6 Å². The quantitative estimate of drug-likeness (QED) is 0.885. The molecule has 2 unspecified atom stereocenters. The van der Waals surface area contributed by atoms with Crippen LogP contribution in [0, 0.1) is 12.8 Å². The first kappa shape index (κ1) is 13.1. The van der Waals surface area contributed by atoms with Gasteiger partial charge in [0.2, 0.25) is 5.91 Å². The minimum Gasteiger partial charge on any atom is -0.322 e. The van der Waals surface area contributed by atoms with Crippen molar-refractivity contribution in [2.75, 3.05) is 13.1 Å². The number of aryl methyl sites for hydroxylation is 1. The summed E-state index contributed by atoms with van der Waals surface area (Å²) in [6, 6.07) is 8.38. The number of benzene rings is 1. The summed E-state index contributed by atoms with van der Waals surface area (Å²) in [5, 5.41) is 3.31. The molecular weight excluding hydrogens is 224 g/mol. The Kier molecular flexibility index (Phi) is 4.02. The van der Waals surface area contributed by atoms with Crippen molar-refractivity contribution >= 4 is 5.91 Å². The fraction of sp³-hybridized carbons (Fsp3) is 0.533. The summed E-state index contributed by atoms with van der Waals surface area (Å²) in [6.45, 7) is 7.73. The van der Waals surface area contributed by atoms with Gasteiger partial charge < -0.3 is 4.90 Å². The van der Waals surface area contributed by atoms with E-state index in [0.717, 1.165) is 13.0 Å². The zero-order valence-corrected chi connectivity index (χ0v) is 11.4. The van der Waals surface area contributed by atoms with Crippen molar-refractivity contribution in [2.45, 2.75) is 33.4 Å². The molecule has 1 saturated heterocycles. The van der Waals surface area contributed by atoms with E-state index in [1.807, 2.05) is 4.90 Å². The Morgan fingerprint density at radius 3 is 2.94 bits per heavy atom. The molecule has 1 aliphatic heterocycles. The highest BCUT2D eigenvalue weighted by atomic mass is 16.2. The van der Waals surface area contributed by atoms with Crippen LogP contribution < -0.4 is 5.32 Å². The molecule has 1 aromatic rings. The molecule has 2 rings (SSSR count). The van der Waals surface area contributed by atoms with E-state index in [-0.39, 0.29) is 12.1 Å². The Hall–Kier alpha value is -1.35. The van der Waals surface area contributed by atoms with Crippen LogP contribution in [0.2, 0.25) is 0 Å². The summed E-state index contributed by atoms with van der Waals surface area (Å²) >= 11 is 0. The summed E-state index contributed by atoms with van der Waals surface area (Å²) in [7, 11) is 0. The molecule has 1 aliphatic rings. The second-order valence-corrected chi connectivity index (χ2v) is 5.26. The predicted octanol–water partition coefficient (Wildman–Crippen LogP) is 2.47.